The summed E-state index contributed by atoms with van der Waals surface area (Å²) < 4.78 is 4.84. The maximum atomic E-state index is 9.49. The zero-order valence-electron chi connectivity index (χ0n) is 10.6. The number of hydrogen-bond donors (Lipinski definition) is 3. The minimum Gasteiger partial charge on any atom is -0.391 e. The van der Waals surface area contributed by atoms with Crippen LogP contribution in [-0.4, -0.2) is 48.0 Å². The zero-order chi connectivity index (χ0) is 13.4. The standard InChI is InChI=1S/C11H19ClN4O2/c1-3-13-11-15-6-9(12)10(16-11)14-5-4-8(17)7-18-2/h6,8,17H,3-5,7H2,1-2H3,(H2,13,14,15,16). The average molecular weight is 275 g/mol. The first-order chi connectivity index (χ1) is 8.67. The highest BCUT2D eigenvalue weighted by Crippen LogP contribution is 2.19. The molecule has 0 saturated heterocycles. The Morgan fingerprint density at radius 3 is 2.94 bits per heavy atom. The topological polar surface area (TPSA) is 79.3 Å². The van der Waals surface area contributed by atoms with Gasteiger partial charge < -0.3 is 20.5 Å². The van der Waals surface area contributed by atoms with Crippen molar-refractivity contribution in [3.63, 3.8) is 0 Å². The lowest BCUT2D eigenvalue weighted by Gasteiger charge is -2.12. The number of aromatic nitrogens is 2. The Morgan fingerprint density at radius 2 is 2.28 bits per heavy atom. The number of nitrogens with one attached hydrogen (secondary N) is 2. The van der Waals surface area contributed by atoms with E-state index in [-0.39, 0.29) is 0 Å². The molecule has 7 heteroatoms. The van der Waals surface area contributed by atoms with Crippen molar-refractivity contribution in [2.45, 2.75) is 19.4 Å². The van der Waals surface area contributed by atoms with Gasteiger partial charge in [-0.25, -0.2) is 4.98 Å². The molecule has 1 heterocycles. The Kier molecular flexibility index (Phi) is 6.70. The van der Waals surface area contributed by atoms with E-state index in [1.54, 1.807) is 13.3 Å². The van der Waals surface area contributed by atoms with E-state index < -0.39 is 6.10 Å². The molecule has 0 saturated carbocycles. The van der Waals surface area contributed by atoms with E-state index in [2.05, 4.69) is 20.6 Å². The summed E-state index contributed by atoms with van der Waals surface area (Å²) in [6.45, 7) is 3.59. The molecule has 1 unspecified atom stereocenters. The first-order valence-corrected chi connectivity index (χ1v) is 6.22. The quantitative estimate of drug-likeness (QED) is 0.664. The van der Waals surface area contributed by atoms with Crippen molar-refractivity contribution in [3.05, 3.63) is 11.2 Å². The fraction of sp³-hybridized carbons (Fsp3) is 0.636. The van der Waals surface area contributed by atoms with Crippen LogP contribution in [0.15, 0.2) is 6.20 Å². The second-order valence-corrected chi connectivity index (χ2v) is 4.15. The van der Waals surface area contributed by atoms with Crippen LogP contribution in [0.3, 0.4) is 0 Å². The van der Waals surface area contributed by atoms with Crippen molar-refractivity contribution in [3.8, 4) is 0 Å². The van der Waals surface area contributed by atoms with E-state index >= 15 is 0 Å². The molecule has 1 rings (SSSR count). The minimum absolute atomic E-state index is 0.321. The largest absolute Gasteiger partial charge is 0.391 e. The lowest BCUT2D eigenvalue weighted by atomic mass is 10.2. The summed E-state index contributed by atoms with van der Waals surface area (Å²) in [5.74, 6) is 1.09. The lowest BCUT2D eigenvalue weighted by Crippen LogP contribution is -2.19. The van der Waals surface area contributed by atoms with Gasteiger partial charge in [0, 0.05) is 20.2 Å². The first kappa shape index (κ1) is 14.9. The molecular formula is C11H19ClN4O2. The van der Waals surface area contributed by atoms with Gasteiger partial charge in [0.25, 0.3) is 0 Å². The smallest absolute Gasteiger partial charge is 0.224 e. The number of anilines is 2. The monoisotopic (exact) mass is 274 g/mol. The van der Waals surface area contributed by atoms with Gasteiger partial charge in [0.1, 0.15) is 10.8 Å². The summed E-state index contributed by atoms with van der Waals surface area (Å²) in [5, 5.41) is 16.0. The summed E-state index contributed by atoms with van der Waals surface area (Å²) in [4.78, 5) is 8.26. The lowest BCUT2D eigenvalue weighted by molar-refractivity contribution is 0.0615. The minimum atomic E-state index is -0.489. The SMILES string of the molecule is CCNc1ncc(Cl)c(NCCC(O)COC)n1. The molecule has 6 nitrogen and oxygen atoms in total. The Hall–Kier alpha value is -1.11. The average Bonchev–Trinajstić information content (AvgIpc) is 2.34. The molecule has 1 aromatic heterocycles. The van der Waals surface area contributed by atoms with Gasteiger partial charge in [-0.1, -0.05) is 11.6 Å². The summed E-state index contributed by atoms with van der Waals surface area (Å²) in [6.07, 6.45) is 1.61. The van der Waals surface area contributed by atoms with E-state index in [4.69, 9.17) is 16.3 Å². The molecule has 0 spiro atoms. The van der Waals surface area contributed by atoms with Crippen molar-refractivity contribution in [2.75, 3.05) is 37.4 Å². The molecular weight excluding hydrogens is 256 g/mol. The predicted molar refractivity (Wildman–Crippen MR) is 72.2 cm³/mol. The van der Waals surface area contributed by atoms with Gasteiger partial charge in [-0.3, -0.25) is 0 Å². The number of aliphatic hydroxyl groups excluding tert-OH is 1. The molecule has 1 aromatic rings. The van der Waals surface area contributed by atoms with Gasteiger partial charge in [0.2, 0.25) is 5.95 Å². The fourth-order valence-corrected chi connectivity index (χ4v) is 1.53. The molecule has 0 aliphatic rings. The highest BCUT2D eigenvalue weighted by atomic mass is 35.5. The van der Waals surface area contributed by atoms with Gasteiger partial charge in [0.15, 0.2) is 0 Å². The van der Waals surface area contributed by atoms with Gasteiger partial charge in [-0.2, -0.15) is 4.98 Å². The third-order valence-corrected chi connectivity index (χ3v) is 2.48. The van der Waals surface area contributed by atoms with Crippen molar-refractivity contribution in [2.24, 2.45) is 0 Å². The summed E-state index contributed by atoms with van der Waals surface area (Å²) in [6, 6.07) is 0. The van der Waals surface area contributed by atoms with E-state index in [1.165, 1.54) is 0 Å². The number of rotatable bonds is 8. The number of halogens is 1. The molecule has 0 radical (unpaired) electrons. The summed E-state index contributed by atoms with van der Waals surface area (Å²) >= 11 is 5.97. The predicted octanol–water partition coefficient (Wildman–Crippen LogP) is 1.37. The van der Waals surface area contributed by atoms with Crippen LogP contribution in [0.2, 0.25) is 5.02 Å². The van der Waals surface area contributed by atoms with E-state index in [9.17, 15) is 5.11 Å². The molecule has 0 aliphatic heterocycles. The molecule has 0 bridgehead atoms. The Balaban J connectivity index is 2.47. The van der Waals surface area contributed by atoms with Crippen molar-refractivity contribution in [1.29, 1.82) is 0 Å². The highest BCUT2D eigenvalue weighted by Gasteiger charge is 2.06. The Bertz CT molecular complexity index is 365. The molecule has 0 aliphatic carbocycles. The molecule has 102 valence electrons. The molecule has 3 N–H and O–H groups in total. The van der Waals surface area contributed by atoms with Crippen LogP contribution < -0.4 is 10.6 Å². The second-order valence-electron chi connectivity index (χ2n) is 3.75. The molecule has 0 amide bonds. The van der Waals surface area contributed by atoms with Crippen LogP contribution in [-0.2, 0) is 4.74 Å². The Morgan fingerprint density at radius 1 is 1.50 bits per heavy atom. The number of ether oxygens (including phenoxy) is 1. The maximum Gasteiger partial charge on any atom is 0.224 e. The molecule has 0 aromatic carbocycles. The fourth-order valence-electron chi connectivity index (χ4n) is 1.37. The van der Waals surface area contributed by atoms with Crippen LogP contribution in [0.5, 0.6) is 0 Å². The zero-order valence-corrected chi connectivity index (χ0v) is 11.4. The number of methoxy groups -OCH3 is 1. The maximum absolute atomic E-state index is 9.49. The number of aliphatic hydroxyl groups is 1. The van der Waals surface area contributed by atoms with E-state index in [0.29, 0.717) is 36.4 Å². The van der Waals surface area contributed by atoms with Crippen LogP contribution in [0.4, 0.5) is 11.8 Å². The van der Waals surface area contributed by atoms with Crippen molar-refractivity contribution in [1.82, 2.24) is 9.97 Å². The molecule has 1 atom stereocenters. The van der Waals surface area contributed by atoms with E-state index in [1.807, 2.05) is 6.92 Å². The Labute approximate surface area is 112 Å². The van der Waals surface area contributed by atoms with Crippen LogP contribution in [0.25, 0.3) is 0 Å². The molecule has 0 fully saturated rings. The highest BCUT2D eigenvalue weighted by molar-refractivity contribution is 6.32. The van der Waals surface area contributed by atoms with E-state index in [0.717, 1.165) is 6.54 Å². The normalized spacial score (nSPS) is 12.2. The molecule has 18 heavy (non-hydrogen) atoms. The third-order valence-electron chi connectivity index (χ3n) is 2.21. The second kappa shape index (κ2) is 8.07. The first-order valence-electron chi connectivity index (χ1n) is 5.84. The number of hydrogen-bond acceptors (Lipinski definition) is 6. The van der Waals surface area contributed by atoms with Gasteiger partial charge in [0.05, 0.1) is 18.9 Å². The third kappa shape index (κ3) is 5.03. The van der Waals surface area contributed by atoms with Crippen molar-refractivity contribution < 1.29 is 9.84 Å². The van der Waals surface area contributed by atoms with Crippen LogP contribution >= 0.6 is 11.6 Å². The van der Waals surface area contributed by atoms with Gasteiger partial charge in [-0.15, -0.1) is 0 Å². The van der Waals surface area contributed by atoms with Crippen LogP contribution in [0.1, 0.15) is 13.3 Å². The number of nitrogens with zero attached hydrogens (tertiary/aromatic N) is 2. The van der Waals surface area contributed by atoms with Crippen molar-refractivity contribution >= 4 is 23.4 Å². The van der Waals surface area contributed by atoms with Crippen LogP contribution in [0, 0.1) is 0 Å². The van der Waals surface area contributed by atoms with Gasteiger partial charge >= 0.3 is 0 Å². The van der Waals surface area contributed by atoms with Gasteiger partial charge in [-0.05, 0) is 13.3 Å². The summed E-state index contributed by atoms with van der Waals surface area (Å²) in [7, 11) is 1.56. The summed E-state index contributed by atoms with van der Waals surface area (Å²) in [5.41, 5.74) is 0.